The molecule has 1 saturated carbocycles. The number of aromatic nitrogens is 4. The number of amides is 2. The quantitative estimate of drug-likeness (QED) is 0.706. The maximum Gasteiger partial charge on any atom is 0.253 e. The molecule has 0 radical (unpaired) electrons. The van der Waals surface area contributed by atoms with E-state index in [0.29, 0.717) is 29.8 Å². The van der Waals surface area contributed by atoms with Crippen molar-refractivity contribution in [3.63, 3.8) is 0 Å². The fraction of sp³-hybridized carbons (Fsp3) is 0.562. The molecule has 0 bridgehead atoms. The second kappa shape index (κ2) is 7.38. The number of carbonyl (C=O) groups excluding carboxylic acids is 2. The van der Waals surface area contributed by atoms with Gasteiger partial charge >= 0.3 is 0 Å². The average molecular weight is 362 g/mol. The van der Waals surface area contributed by atoms with E-state index in [1.54, 1.807) is 4.52 Å². The number of thioether (sulfide) groups is 1. The molecule has 0 aromatic carbocycles. The minimum atomic E-state index is -0.145. The molecule has 0 spiro atoms. The Morgan fingerprint density at radius 3 is 2.68 bits per heavy atom. The molecule has 2 aromatic heterocycles. The van der Waals surface area contributed by atoms with Crippen LogP contribution in [0.5, 0.6) is 0 Å². The van der Waals surface area contributed by atoms with E-state index in [9.17, 15) is 9.59 Å². The topological polar surface area (TPSA) is 101 Å². The predicted octanol–water partition coefficient (Wildman–Crippen LogP) is 0.790. The van der Waals surface area contributed by atoms with Crippen LogP contribution in [-0.4, -0.2) is 50.2 Å². The van der Waals surface area contributed by atoms with Crippen molar-refractivity contribution in [3.8, 4) is 0 Å². The largest absolute Gasteiger partial charge is 0.352 e. The highest BCUT2D eigenvalue weighted by Crippen LogP contribution is 2.19. The maximum atomic E-state index is 12.0. The molecule has 1 aliphatic rings. The SMILES string of the molecule is CSc1nc2nc(C)c(CCC(=O)NCC(=O)NC3CC3)c(C)n2n1. The van der Waals surface area contributed by atoms with Gasteiger partial charge in [-0.15, -0.1) is 5.10 Å². The zero-order valence-corrected chi connectivity index (χ0v) is 15.4. The van der Waals surface area contributed by atoms with Crippen molar-refractivity contribution < 1.29 is 9.59 Å². The molecule has 3 rings (SSSR count). The molecule has 2 amide bonds. The van der Waals surface area contributed by atoms with Gasteiger partial charge in [0.25, 0.3) is 5.78 Å². The molecule has 25 heavy (non-hydrogen) atoms. The van der Waals surface area contributed by atoms with E-state index in [4.69, 9.17) is 0 Å². The summed E-state index contributed by atoms with van der Waals surface area (Å²) in [5.74, 6) is 0.302. The summed E-state index contributed by atoms with van der Waals surface area (Å²) in [4.78, 5) is 32.4. The van der Waals surface area contributed by atoms with Crippen LogP contribution in [0.4, 0.5) is 0 Å². The number of hydrogen-bond donors (Lipinski definition) is 2. The lowest BCUT2D eigenvalue weighted by Crippen LogP contribution is -2.37. The first-order valence-electron chi connectivity index (χ1n) is 8.31. The normalized spacial score (nSPS) is 13.9. The van der Waals surface area contributed by atoms with Crippen LogP contribution in [0.2, 0.25) is 0 Å². The summed E-state index contributed by atoms with van der Waals surface area (Å²) in [5, 5.41) is 10.6. The zero-order chi connectivity index (χ0) is 18.0. The number of nitrogens with zero attached hydrogens (tertiary/aromatic N) is 4. The van der Waals surface area contributed by atoms with Gasteiger partial charge in [-0.2, -0.15) is 4.98 Å². The second-order valence-electron chi connectivity index (χ2n) is 6.19. The number of hydrogen-bond acceptors (Lipinski definition) is 6. The molecule has 134 valence electrons. The van der Waals surface area contributed by atoms with Crippen molar-refractivity contribution in [1.82, 2.24) is 30.2 Å². The number of fused-ring (bicyclic) bond motifs is 1. The number of carbonyl (C=O) groups is 2. The second-order valence-corrected chi connectivity index (χ2v) is 6.96. The van der Waals surface area contributed by atoms with E-state index in [2.05, 4.69) is 25.7 Å². The van der Waals surface area contributed by atoms with E-state index in [-0.39, 0.29) is 18.4 Å². The molecule has 8 nitrogen and oxygen atoms in total. The summed E-state index contributed by atoms with van der Waals surface area (Å²) in [6, 6.07) is 0.307. The molecule has 2 N–H and O–H groups in total. The van der Waals surface area contributed by atoms with Crippen molar-refractivity contribution in [2.45, 2.75) is 50.7 Å². The van der Waals surface area contributed by atoms with Gasteiger partial charge in [0.1, 0.15) is 0 Å². The van der Waals surface area contributed by atoms with Crippen LogP contribution in [0, 0.1) is 13.8 Å². The van der Waals surface area contributed by atoms with Gasteiger partial charge in [0, 0.05) is 23.9 Å². The number of rotatable bonds is 7. The van der Waals surface area contributed by atoms with Crippen LogP contribution in [0.15, 0.2) is 5.16 Å². The molecular formula is C16H22N6O2S. The molecule has 2 heterocycles. The van der Waals surface area contributed by atoms with Crippen LogP contribution in [0.3, 0.4) is 0 Å². The highest BCUT2D eigenvalue weighted by Gasteiger charge is 2.23. The Labute approximate surface area is 150 Å². The number of aryl methyl sites for hydroxylation is 2. The van der Waals surface area contributed by atoms with Gasteiger partial charge < -0.3 is 10.6 Å². The molecule has 1 aliphatic carbocycles. The monoisotopic (exact) mass is 362 g/mol. The first-order valence-corrected chi connectivity index (χ1v) is 9.53. The Hall–Kier alpha value is -2.16. The molecule has 9 heteroatoms. The summed E-state index contributed by atoms with van der Waals surface area (Å²) in [5.41, 5.74) is 2.78. The van der Waals surface area contributed by atoms with Crippen molar-refractivity contribution in [1.29, 1.82) is 0 Å². The van der Waals surface area contributed by atoms with Gasteiger partial charge in [0.05, 0.1) is 6.54 Å². The van der Waals surface area contributed by atoms with Crippen molar-refractivity contribution >= 4 is 29.4 Å². The molecule has 1 fully saturated rings. The molecular weight excluding hydrogens is 340 g/mol. The van der Waals surface area contributed by atoms with Crippen LogP contribution in [-0.2, 0) is 16.0 Å². The lowest BCUT2D eigenvalue weighted by molar-refractivity contribution is -0.126. The molecule has 2 aromatic rings. The first-order chi connectivity index (χ1) is 12.0. The molecule has 0 unspecified atom stereocenters. The Morgan fingerprint density at radius 1 is 1.24 bits per heavy atom. The third-order valence-electron chi connectivity index (χ3n) is 4.20. The Morgan fingerprint density at radius 2 is 2.00 bits per heavy atom. The first kappa shape index (κ1) is 17.7. The van der Waals surface area contributed by atoms with Crippen molar-refractivity contribution in [2.24, 2.45) is 0 Å². The van der Waals surface area contributed by atoms with E-state index in [1.807, 2.05) is 20.1 Å². The summed E-state index contributed by atoms with van der Waals surface area (Å²) in [6.07, 6.45) is 4.84. The van der Waals surface area contributed by atoms with Gasteiger partial charge in [0.2, 0.25) is 17.0 Å². The van der Waals surface area contributed by atoms with Gasteiger partial charge in [0.15, 0.2) is 0 Å². The van der Waals surface area contributed by atoms with Crippen molar-refractivity contribution in [3.05, 3.63) is 17.0 Å². The van der Waals surface area contributed by atoms with Crippen LogP contribution in [0.1, 0.15) is 36.2 Å². The lowest BCUT2D eigenvalue weighted by Gasteiger charge is -2.10. The summed E-state index contributed by atoms with van der Waals surface area (Å²) in [6.45, 7) is 3.90. The van der Waals surface area contributed by atoms with E-state index in [0.717, 1.165) is 29.8 Å². The van der Waals surface area contributed by atoms with Crippen molar-refractivity contribution in [2.75, 3.05) is 12.8 Å². The lowest BCUT2D eigenvalue weighted by atomic mass is 10.1. The summed E-state index contributed by atoms with van der Waals surface area (Å²) in [7, 11) is 0. The van der Waals surface area contributed by atoms with Gasteiger partial charge in [-0.1, -0.05) is 11.8 Å². The highest BCUT2D eigenvalue weighted by molar-refractivity contribution is 7.98. The Kier molecular flexibility index (Phi) is 5.22. The van der Waals surface area contributed by atoms with E-state index >= 15 is 0 Å². The van der Waals surface area contributed by atoms with Gasteiger partial charge in [-0.05, 0) is 44.9 Å². The summed E-state index contributed by atoms with van der Waals surface area (Å²) < 4.78 is 1.72. The van der Waals surface area contributed by atoms with Gasteiger partial charge in [-0.3, -0.25) is 9.59 Å². The molecule has 0 atom stereocenters. The summed E-state index contributed by atoms with van der Waals surface area (Å²) >= 11 is 1.47. The fourth-order valence-corrected chi connectivity index (χ4v) is 2.99. The Balaban J connectivity index is 1.60. The maximum absolute atomic E-state index is 12.0. The average Bonchev–Trinajstić information content (AvgIpc) is 3.29. The van der Waals surface area contributed by atoms with Crippen LogP contribution in [0.25, 0.3) is 5.78 Å². The van der Waals surface area contributed by atoms with Crippen LogP contribution >= 0.6 is 11.8 Å². The predicted molar refractivity (Wildman–Crippen MR) is 94.5 cm³/mol. The number of nitrogens with one attached hydrogen (secondary N) is 2. The highest BCUT2D eigenvalue weighted by atomic mass is 32.2. The zero-order valence-electron chi connectivity index (χ0n) is 14.6. The van der Waals surface area contributed by atoms with Crippen LogP contribution < -0.4 is 10.6 Å². The Bertz CT molecular complexity index is 815. The standard InChI is InChI=1S/C16H22N6O2S/c1-9-12(10(2)22-15(18-9)20-16(21-22)25-3)6-7-13(23)17-8-14(24)19-11-4-5-11/h11H,4-8H2,1-3H3,(H,17,23)(H,19,24). The van der Waals surface area contributed by atoms with Gasteiger partial charge in [-0.25, -0.2) is 9.50 Å². The van der Waals surface area contributed by atoms with E-state index < -0.39 is 0 Å². The molecule has 0 aliphatic heterocycles. The molecule has 0 saturated heterocycles. The van der Waals surface area contributed by atoms with E-state index in [1.165, 1.54) is 11.8 Å². The minimum Gasteiger partial charge on any atom is -0.352 e. The smallest absolute Gasteiger partial charge is 0.253 e. The third-order valence-corrected chi connectivity index (χ3v) is 4.74. The third kappa shape index (κ3) is 4.28. The minimum absolute atomic E-state index is 0.0325. The fourth-order valence-electron chi connectivity index (χ4n) is 2.65.